The molecule has 0 aliphatic carbocycles. The predicted octanol–water partition coefficient (Wildman–Crippen LogP) is 2.43. The summed E-state index contributed by atoms with van der Waals surface area (Å²) in [5.74, 6) is -1.50. The lowest BCUT2D eigenvalue weighted by Gasteiger charge is -2.10. The molecule has 9 heteroatoms. The summed E-state index contributed by atoms with van der Waals surface area (Å²) in [6.07, 6.45) is 0.464. The van der Waals surface area contributed by atoms with Gasteiger partial charge in [0.2, 0.25) is 10.0 Å². The van der Waals surface area contributed by atoms with Crippen molar-refractivity contribution in [2.45, 2.75) is 31.2 Å². The molecule has 0 saturated heterocycles. The molecule has 0 atom stereocenters. The highest BCUT2D eigenvalue weighted by atomic mass is 79.9. The van der Waals surface area contributed by atoms with Gasteiger partial charge in [-0.25, -0.2) is 13.1 Å². The van der Waals surface area contributed by atoms with Gasteiger partial charge in [0.25, 0.3) is 0 Å². The zero-order valence-electron chi connectivity index (χ0n) is 15.5. The van der Waals surface area contributed by atoms with Crippen LogP contribution in [0.3, 0.4) is 0 Å². The lowest BCUT2D eigenvalue weighted by molar-refractivity contribution is -0.136. The van der Waals surface area contributed by atoms with E-state index in [0.29, 0.717) is 16.6 Å². The van der Waals surface area contributed by atoms with Crippen LogP contribution in [0.4, 0.5) is 5.69 Å². The van der Waals surface area contributed by atoms with Gasteiger partial charge in [-0.15, -0.1) is 0 Å². The third kappa shape index (κ3) is 6.43. The topological polar surface area (TPSA) is 104 Å². The van der Waals surface area contributed by atoms with Crippen molar-refractivity contribution in [3.63, 3.8) is 0 Å². The lowest BCUT2D eigenvalue weighted by atomic mass is 10.1. The largest absolute Gasteiger partial charge is 0.347 e. The van der Waals surface area contributed by atoms with Crippen LogP contribution in [0.15, 0.2) is 57.9 Å². The van der Waals surface area contributed by atoms with Gasteiger partial charge in [-0.1, -0.05) is 24.3 Å². The van der Waals surface area contributed by atoms with Crippen molar-refractivity contribution in [2.75, 3.05) is 11.9 Å². The summed E-state index contributed by atoms with van der Waals surface area (Å²) in [7, 11) is -3.53. The minimum absolute atomic E-state index is 0.182. The second kappa shape index (κ2) is 9.81. The summed E-state index contributed by atoms with van der Waals surface area (Å²) in [6, 6.07) is 13.2. The molecule has 2 aromatic rings. The van der Waals surface area contributed by atoms with Crippen molar-refractivity contribution < 1.29 is 18.0 Å². The fourth-order valence-corrected chi connectivity index (χ4v) is 3.99. The second-order valence-electron chi connectivity index (χ2n) is 6.36. The number of benzene rings is 2. The van der Waals surface area contributed by atoms with Crippen LogP contribution in [0.2, 0.25) is 0 Å². The van der Waals surface area contributed by atoms with Crippen LogP contribution < -0.4 is 15.4 Å². The van der Waals surface area contributed by atoms with Crippen molar-refractivity contribution in [1.29, 1.82) is 0 Å². The molecule has 0 heterocycles. The van der Waals surface area contributed by atoms with E-state index in [0.717, 1.165) is 5.56 Å². The molecule has 0 saturated carbocycles. The molecule has 150 valence electrons. The van der Waals surface area contributed by atoms with Crippen LogP contribution >= 0.6 is 15.9 Å². The number of carbonyl (C=O) groups is 2. The third-order valence-electron chi connectivity index (χ3n) is 3.65. The summed E-state index contributed by atoms with van der Waals surface area (Å²) in [5, 5.41) is 5.07. The van der Waals surface area contributed by atoms with E-state index in [1.165, 1.54) is 12.1 Å². The summed E-state index contributed by atoms with van der Waals surface area (Å²) >= 11 is 3.30. The van der Waals surface area contributed by atoms with Crippen molar-refractivity contribution in [3.8, 4) is 0 Å². The number of hydrogen-bond donors (Lipinski definition) is 3. The van der Waals surface area contributed by atoms with Crippen LogP contribution in [0, 0.1) is 0 Å². The number of halogens is 1. The number of amides is 2. The van der Waals surface area contributed by atoms with Crippen LogP contribution in [-0.2, 0) is 26.0 Å². The average molecular weight is 468 g/mol. The first kappa shape index (κ1) is 22.1. The minimum Gasteiger partial charge on any atom is -0.347 e. The van der Waals surface area contributed by atoms with Crippen molar-refractivity contribution >= 4 is 43.5 Å². The Morgan fingerprint density at radius 2 is 1.64 bits per heavy atom. The van der Waals surface area contributed by atoms with E-state index in [2.05, 4.69) is 31.3 Å². The molecule has 7 nitrogen and oxygen atoms in total. The van der Waals surface area contributed by atoms with E-state index in [1.54, 1.807) is 50.2 Å². The normalized spacial score (nSPS) is 11.3. The first-order valence-electron chi connectivity index (χ1n) is 8.64. The van der Waals surface area contributed by atoms with Crippen molar-refractivity contribution in [3.05, 3.63) is 58.6 Å². The molecule has 0 aliphatic rings. The van der Waals surface area contributed by atoms with E-state index in [1.807, 2.05) is 0 Å². The Labute approximate surface area is 173 Å². The highest BCUT2D eigenvalue weighted by Gasteiger charge is 2.16. The fourth-order valence-electron chi connectivity index (χ4n) is 2.36. The van der Waals surface area contributed by atoms with Crippen molar-refractivity contribution in [1.82, 2.24) is 10.0 Å². The first-order valence-corrected chi connectivity index (χ1v) is 10.9. The number of nitrogens with one attached hydrogen (secondary N) is 3. The van der Waals surface area contributed by atoms with Crippen molar-refractivity contribution in [2.24, 2.45) is 0 Å². The smallest absolute Gasteiger partial charge is 0.313 e. The van der Waals surface area contributed by atoms with Gasteiger partial charge in [0, 0.05) is 17.1 Å². The Morgan fingerprint density at radius 3 is 2.25 bits per heavy atom. The number of carbonyl (C=O) groups excluding carboxylic acids is 2. The van der Waals surface area contributed by atoms with E-state index in [4.69, 9.17) is 0 Å². The molecule has 0 spiro atoms. The number of anilines is 1. The second-order valence-corrected chi connectivity index (χ2v) is 8.93. The summed E-state index contributed by atoms with van der Waals surface area (Å²) in [5.41, 5.74) is 1.35. The van der Waals surface area contributed by atoms with Gasteiger partial charge < -0.3 is 10.6 Å². The molecule has 0 aliphatic heterocycles. The Kier molecular flexibility index (Phi) is 7.73. The quantitative estimate of drug-likeness (QED) is 0.543. The molecule has 2 rings (SSSR count). The molecular formula is C19H22BrN3O4S. The van der Waals surface area contributed by atoms with Crippen LogP contribution in [0.25, 0.3) is 0 Å². The highest BCUT2D eigenvalue weighted by molar-refractivity contribution is 9.10. The SMILES string of the molecule is CC(C)NS(=O)(=O)c1ccc(CCNC(=O)C(=O)Nc2ccccc2Br)cc1. The minimum atomic E-state index is -3.53. The molecule has 0 aromatic heterocycles. The van der Waals surface area contributed by atoms with E-state index in [9.17, 15) is 18.0 Å². The molecule has 0 radical (unpaired) electrons. The number of rotatable bonds is 7. The third-order valence-corrected chi connectivity index (χ3v) is 6.02. The fraction of sp³-hybridized carbons (Fsp3) is 0.263. The summed E-state index contributed by atoms with van der Waals surface area (Å²) < 4.78 is 27.4. The highest BCUT2D eigenvalue weighted by Crippen LogP contribution is 2.20. The van der Waals surface area contributed by atoms with Gasteiger partial charge in [0.15, 0.2) is 0 Å². The molecule has 2 aromatic carbocycles. The lowest BCUT2D eigenvalue weighted by Crippen LogP contribution is -2.36. The number of sulfonamides is 1. The van der Waals surface area contributed by atoms with Gasteiger partial charge >= 0.3 is 11.8 Å². The zero-order chi connectivity index (χ0) is 20.7. The van der Waals surface area contributed by atoms with Crippen LogP contribution in [-0.4, -0.2) is 32.8 Å². The van der Waals surface area contributed by atoms with Gasteiger partial charge in [0.1, 0.15) is 0 Å². The average Bonchev–Trinajstić information content (AvgIpc) is 2.63. The summed E-state index contributed by atoms with van der Waals surface area (Å²) in [4.78, 5) is 24.0. The molecule has 0 fully saturated rings. The maximum Gasteiger partial charge on any atom is 0.313 e. The van der Waals surface area contributed by atoms with E-state index in [-0.39, 0.29) is 17.5 Å². The standard InChI is InChI=1S/C19H22BrN3O4S/c1-13(2)23-28(26,27)15-9-7-14(8-10-15)11-12-21-18(24)19(25)22-17-6-4-3-5-16(17)20/h3-10,13,23H,11-12H2,1-2H3,(H,21,24)(H,22,25). The zero-order valence-corrected chi connectivity index (χ0v) is 17.9. The van der Waals surface area contributed by atoms with Gasteiger partial charge in [0.05, 0.1) is 10.6 Å². The molecular weight excluding hydrogens is 446 g/mol. The molecule has 0 bridgehead atoms. The molecule has 28 heavy (non-hydrogen) atoms. The molecule has 2 amide bonds. The number of hydrogen-bond acceptors (Lipinski definition) is 4. The van der Waals surface area contributed by atoms with E-state index >= 15 is 0 Å². The van der Waals surface area contributed by atoms with Gasteiger partial charge in [-0.3, -0.25) is 9.59 Å². The molecule has 3 N–H and O–H groups in total. The van der Waals surface area contributed by atoms with Crippen LogP contribution in [0.5, 0.6) is 0 Å². The van der Waals surface area contributed by atoms with E-state index < -0.39 is 21.8 Å². The maximum atomic E-state index is 12.1. The van der Waals surface area contributed by atoms with Crippen LogP contribution in [0.1, 0.15) is 19.4 Å². The maximum absolute atomic E-state index is 12.1. The first-order chi connectivity index (χ1) is 13.2. The monoisotopic (exact) mass is 467 g/mol. The Hall–Kier alpha value is -2.23. The Bertz CT molecular complexity index is 944. The summed E-state index contributed by atoms with van der Waals surface area (Å²) in [6.45, 7) is 3.75. The van der Waals surface area contributed by atoms with Gasteiger partial charge in [-0.05, 0) is 66.0 Å². The Balaban J connectivity index is 1.85. The van der Waals surface area contributed by atoms with Gasteiger partial charge in [-0.2, -0.15) is 0 Å². The number of para-hydroxylation sites is 1. The Morgan fingerprint density at radius 1 is 1.00 bits per heavy atom. The predicted molar refractivity (Wildman–Crippen MR) is 111 cm³/mol. The molecule has 0 unspecified atom stereocenters.